The molecule has 0 aliphatic rings. The Hall–Kier alpha value is -2.08. The third kappa shape index (κ3) is 6.74. The number of halogens is 1. The van der Waals surface area contributed by atoms with Crippen molar-refractivity contribution in [3.05, 3.63) is 58.6 Å². The van der Waals surface area contributed by atoms with Crippen LogP contribution in [0.2, 0.25) is 5.02 Å². The van der Waals surface area contributed by atoms with Crippen molar-refractivity contribution in [3.63, 3.8) is 0 Å². The number of hydrogen-bond donors (Lipinski definition) is 3. The predicted octanol–water partition coefficient (Wildman–Crippen LogP) is 3.14. The molecule has 134 valence electrons. The van der Waals surface area contributed by atoms with Gasteiger partial charge in [-0.2, -0.15) is 0 Å². The predicted molar refractivity (Wildman–Crippen MR) is 100 cm³/mol. The van der Waals surface area contributed by atoms with Crippen LogP contribution in [0.1, 0.15) is 17.5 Å². The first-order valence-electron chi connectivity index (χ1n) is 8.18. The third-order valence-electron chi connectivity index (χ3n) is 3.54. The lowest BCUT2D eigenvalue weighted by atomic mass is 10.2. The lowest BCUT2D eigenvalue weighted by Crippen LogP contribution is -2.21. The summed E-state index contributed by atoms with van der Waals surface area (Å²) in [6.07, 6.45) is 0.676. The number of nitrogens with one attached hydrogen (secondary N) is 2. The van der Waals surface area contributed by atoms with Gasteiger partial charge in [0, 0.05) is 29.4 Å². The fourth-order valence-corrected chi connectivity index (χ4v) is 2.43. The smallest absolute Gasteiger partial charge is 0.262 e. The average molecular weight is 363 g/mol. The number of benzene rings is 2. The zero-order chi connectivity index (χ0) is 18.1. The van der Waals surface area contributed by atoms with E-state index >= 15 is 0 Å². The largest absolute Gasteiger partial charge is 0.483 e. The Kier molecular flexibility index (Phi) is 7.73. The van der Waals surface area contributed by atoms with Crippen LogP contribution in [-0.2, 0) is 11.3 Å². The first-order chi connectivity index (χ1) is 12.1. The minimum Gasteiger partial charge on any atom is -0.483 e. The van der Waals surface area contributed by atoms with E-state index in [2.05, 4.69) is 10.6 Å². The van der Waals surface area contributed by atoms with Crippen LogP contribution in [0.3, 0.4) is 0 Å². The van der Waals surface area contributed by atoms with Crippen molar-refractivity contribution in [2.45, 2.75) is 19.9 Å². The molecule has 0 atom stereocenters. The zero-order valence-electron chi connectivity index (χ0n) is 14.2. The van der Waals surface area contributed by atoms with Crippen LogP contribution in [0, 0.1) is 6.92 Å². The molecule has 2 aromatic rings. The minimum atomic E-state index is -0.224. The second-order valence-electron chi connectivity index (χ2n) is 5.71. The molecule has 0 aromatic heterocycles. The van der Waals surface area contributed by atoms with Crippen molar-refractivity contribution in [2.75, 3.05) is 25.1 Å². The Balaban J connectivity index is 1.90. The van der Waals surface area contributed by atoms with Gasteiger partial charge in [-0.05, 0) is 50.2 Å². The summed E-state index contributed by atoms with van der Waals surface area (Å²) in [5.74, 6) is 0.387. The summed E-state index contributed by atoms with van der Waals surface area (Å²) in [5.41, 5.74) is 2.74. The molecule has 0 saturated heterocycles. The molecule has 0 unspecified atom stereocenters. The molecule has 0 spiro atoms. The Bertz CT molecular complexity index is 690. The molecular formula is C19H23ClN2O3. The highest BCUT2D eigenvalue weighted by atomic mass is 35.5. The van der Waals surface area contributed by atoms with Crippen LogP contribution >= 0.6 is 11.6 Å². The standard InChI is InChI=1S/C19H23ClN2O3/c1-14-3-6-17(7-4-14)22-19(24)13-25-18-8-5-16(20)11-15(18)12-21-9-2-10-23/h3-8,11,21,23H,2,9-10,12-13H2,1H3,(H,22,24). The quantitative estimate of drug-likeness (QED) is 0.599. The molecule has 25 heavy (non-hydrogen) atoms. The fraction of sp³-hybridized carbons (Fsp3) is 0.316. The molecule has 0 fully saturated rings. The highest BCUT2D eigenvalue weighted by molar-refractivity contribution is 6.30. The maximum Gasteiger partial charge on any atom is 0.262 e. The Labute approximate surface area is 153 Å². The van der Waals surface area contributed by atoms with E-state index in [1.54, 1.807) is 18.2 Å². The number of amides is 1. The van der Waals surface area contributed by atoms with Gasteiger partial charge in [0.15, 0.2) is 6.61 Å². The lowest BCUT2D eigenvalue weighted by Gasteiger charge is -2.13. The third-order valence-corrected chi connectivity index (χ3v) is 3.78. The van der Waals surface area contributed by atoms with Crippen molar-refractivity contribution in [1.29, 1.82) is 0 Å². The highest BCUT2D eigenvalue weighted by Crippen LogP contribution is 2.23. The number of ether oxygens (including phenoxy) is 1. The second kappa shape index (κ2) is 10.0. The maximum atomic E-state index is 12.0. The molecule has 2 rings (SSSR count). The first kappa shape index (κ1) is 19.2. The van der Waals surface area contributed by atoms with Crippen molar-refractivity contribution < 1.29 is 14.6 Å². The van der Waals surface area contributed by atoms with Crippen molar-refractivity contribution in [3.8, 4) is 5.75 Å². The molecule has 0 heterocycles. The Morgan fingerprint density at radius 3 is 2.68 bits per heavy atom. The summed E-state index contributed by atoms with van der Waals surface area (Å²) in [5, 5.41) is 15.4. The molecule has 0 saturated carbocycles. The SMILES string of the molecule is Cc1ccc(NC(=O)COc2ccc(Cl)cc2CNCCCO)cc1. The summed E-state index contributed by atoms with van der Waals surface area (Å²) >= 11 is 6.04. The van der Waals surface area contributed by atoms with E-state index in [1.165, 1.54) is 0 Å². The second-order valence-corrected chi connectivity index (χ2v) is 6.15. The molecule has 0 aliphatic heterocycles. The lowest BCUT2D eigenvalue weighted by molar-refractivity contribution is -0.118. The highest BCUT2D eigenvalue weighted by Gasteiger charge is 2.08. The van der Waals surface area contributed by atoms with E-state index in [9.17, 15) is 4.79 Å². The van der Waals surface area contributed by atoms with Crippen LogP contribution < -0.4 is 15.4 Å². The summed E-state index contributed by atoms with van der Waals surface area (Å²) in [6, 6.07) is 12.9. The van der Waals surface area contributed by atoms with Gasteiger partial charge >= 0.3 is 0 Å². The molecular weight excluding hydrogens is 340 g/mol. The number of aliphatic hydroxyl groups is 1. The van der Waals surface area contributed by atoms with Gasteiger partial charge in [0.2, 0.25) is 0 Å². The molecule has 5 nitrogen and oxygen atoms in total. The number of hydrogen-bond acceptors (Lipinski definition) is 4. The van der Waals surface area contributed by atoms with Gasteiger partial charge in [0.25, 0.3) is 5.91 Å². The molecule has 0 bridgehead atoms. The summed E-state index contributed by atoms with van der Waals surface area (Å²) in [7, 11) is 0. The van der Waals surface area contributed by atoms with Crippen molar-refractivity contribution in [1.82, 2.24) is 5.32 Å². The number of carbonyl (C=O) groups is 1. The van der Waals surface area contributed by atoms with Gasteiger partial charge in [-0.25, -0.2) is 0 Å². The summed E-state index contributed by atoms with van der Waals surface area (Å²) < 4.78 is 5.65. The molecule has 6 heteroatoms. The number of aliphatic hydroxyl groups excluding tert-OH is 1. The van der Waals surface area contributed by atoms with Crippen molar-refractivity contribution >= 4 is 23.2 Å². The van der Waals surface area contributed by atoms with E-state index in [4.69, 9.17) is 21.4 Å². The normalized spacial score (nSPS) is 10.5. The fourth-order valence-electron chi connectivity index (χ4n) is 2.23. The van der Waals surface area contributed by atoms with E-state index in [0.717, 1.165) is 16.8 Å². The zero-order valence-corrected chi connectivity index (χ0v) is 15.0. The Morgan fingerprint density at radius 1 is 1.20 bits per heavy atom. The summed E-state index contributed by atoms with van der Waals surface area (Å²) in [4.78, 5) is 12.0. The van der Waals surface area contributed by atoms with E-state index < -0.39 is 0 Å². The van der Waals surface area contributed by atoms with Crippen LogP contribution in [0.4, 0.5) is 5.69 Å². The number of carbonyl (C=O) groups excluding carboxylic acids is 1. The molecule has 1 amide bonds. The van der Waals surface area contributed by atoms with Gasteiger partial charge in [-0.3, -0.25) is 4.79 Å². The van der Waals surface area contributed by atoms with Gasteiger partial charge in [0.1, 0.15) is 5.75 Å². The molecule has 3 N–H and O–H groups in total. The maximum absolute atomic E-state index is 12.0. The summed E-state index contributed by atoms with van der Waals surface area (Å²) in [6.45, 7) is 3.29. The van der Waals surface area contributed by atoms with E-state index in [1.807, 2.05) is 31.2 Å². The van der Waals surface area contributed by atoms with E-state index in [0.29, 0.717) is 30.3 Å². The van der Waals surface area contributed by atoms with Gasteiger partial charge in [0.05, 0.1) is 0 Å². The van der Waals surface area contributed by atoms with Gasteiger partial charge in [-0.15, -0.1) is 0 Å². The molecule has 0 radical (unpaired) electrons. The first-order valence-corrected chi connectivity index (χ1v) is 8.55. The average Bonchev–Trinajstić information content (AvgIpc) is 2.60. The van der Waals surface area contributed by atoms with Crippen LogP contribution in [0.15, 0.2) is 42.5 Å². The van der Waals surface area contributed by atoms with Gasteiger partial charge < -0.3 is 20.5 Å². The number of aryl methyl sites for hydroxylation is 1. The van der Waals surface area contributed by atoms with Crippen molar-refractivity contribution in [2.24, 2.45) is 0 Å². The Morgan fingerprint density at radius 2 is 1.96 bits per heavy atom. The minimum absolute atomic E-state index is 0.0842. The number of anilines is 1. The van der Waals surface area contributed by atoms with Crippen LogP contribution in [0.25, 0.3) is 0 Å². The number of rotatable bonds is 9. The van der Waals surface area contributed by atoms with Crippen LogP contribution in [0.5, 0.6) is 5.75 Å². The van der Waals surface area contributed by atoms with Gasteiger partial charge in [-0.1, -0.05) is 29.3 Å². The monoisotopic (exact) mass is 362 g/mol. The molecule has 0 aliphatic carbocycles. The van der Waals surface area contributed by atoms with E-state index in [-0.39, 0.29) is 19.1 Å². The molecule has 2 aromatic carbocycles. The topological polar surface area (TPSA) is 70.6 Å². The van der Waals surface area contributed by atoms with Crippen LogP contribution in [-0.4, -0.2) is 30.8 Å².